The number of carbonyl (C=O) groups excluding carboxylic acids is 2. The summed E-state index contributed by atoms with van der Waals surface area (Å²) < 4.78 is 33.8. The molecule has 0 saturated carbocycles. The molecule has 77 heavy (non-hydrogen) atoms. The summed E-state index contributed by atoms with van der Waals surface area (Å²) in [7, 11) is 0. The van der Waals surface area contributed by atoms with Crippen LogP contribution in [0.5, 0.6) is 0 Å². The lowest BCUT2D eigenvalue weighted by Crippen LogP contribution is -2.61. The number of rotatable bonds is 52. The van der Waals surface area contributed by atoms with E-state index in [1.54, 1.807) is 0 Å². The first-order valence-electron chi connectivity index (χ1n) is 31.8. The van der Waals surface area contributed by atoms with Crippen molar-refractivity contribution in [3.05, 3.63) is 12.2 Å². The van der Waals surface area contributed by atoms with Crippen molar-refractivity contribution in [1.29, 1.82) is 0 Å². The van der Waals surface area contributed by atoms with Crippen LogP contribution >= 0.6 is 0 Å². The van der Waals surface area contributed by atoms with Gasteiger partial charge in [0.05, 0.1) is 19.8 Å². The number of carbonyl (C=O) groups is 2. The zero-order valence-electron chi connectivity index (χ0n) is 48.7. The summed E-state index contributed by atoms with van der Waals surface area (Å²) in [6, 6.07) is 0. The molecule has 0 aromatic carbocycles. The van der Waals surface area contributed by atoms with Crippen LogP contribution in [0.2, 0.25) is 0 Å². The normalized spacial score (nSPS) is 24.2. The van der Waals surface area contributed by atoms with Crippen LogP contribution in [0.3, 0.4) is 0 Å². The van der Waals surface area contributed by atoms with Gasteiger partial charge in [0.1, 0.15) is 55.4 Å². The second-order valence-electron chi connectivity index (χ2n) is 22.6. The van der Waals surface area contributed by atoms with Gasteiger partial charge in [-0.25, -0.2) is 0 Å². The second-order valence-corrected chi connectivity index (χ2v) is 22.6. The highest BCUT2D eigenvalue weighted by molar-refractivity contribution is 5.70. The number of hydrogen-bond acceptors (Lipinski definition) is 15. The molecule has 0 amide bonds. The monoisotopic (exact) mass is 1100 g/mol. The molecule has 0 aromatic rings. The van der Waals surface area contributed by atoms with Gasteiger partial charge in [0.15, 0.2) is 18.7 Å². The molecule has 0 aliphatic carbocycles. The summed E-state index contributed by atoms with van der Waals surface area (Å²) in [5, 5.41) is 72.4. The van der Waals surface area contributed by atoms with E-state index < -0.39 is 92.7 Å². The Morgan fingerprint density at radius 1 is 0.403 bits per heavy atom. The van der Waals surface area contributed by atoms with E-state index in [0.29, 0.717) is 12.8 Å². The standard InChI is InChI=1S/C62H116O15/c1-3-5-7-9-11-13-15-17-19-21-23-24-25-27-29-31-33-35-37-39-41-43-45-54(65)75-50(47-72-53(64)44-42-40-38-36-34-32-30-28-26-22-20-18-16-14-12-10-8-6-4-2)48-73-61-60(71)58(69)56(67)52(77-61)49-74-62-59(70)57(68)55(66)51(46-63)76-62/h18,20,50-52,55-63,66-71H,3-17,19,21-49H2,1-2H3/b20-18+/t50-,51+,52+,55-,56-,57?,58?,59?,60?,61+,62+/m1/s1. The largest absolute Gasteiger partial charge is 0.462 e. The van der Waals surface area contributed by atoms with Crippen molar-refractivity contribution in [3.8, 4) is 0 Å². The first-order valence-corrected chi connectivity index (χ1v) is 31.8. The minimum atomic E-state index is -1.76. The highest BCUT2D eigenvalue weighted by Crippen LogP contribution is 2.27. The molecule has 0 radical (unpaired) electrons. The third-order valence-corrected chi connectivity index (χ3v) is 15.5. The van der Waals surface area contributed by atoms with Gasteiger partial charge in [0, 0.05) is 12.8 Å². The Balaban J connectivity index is 1.71. The smallest absolute Gasteiger partial charge is 0.306 e. The van der Waals surface area contributed by atoms with Crippen LogP contribution in [0.4, 0.5) is 0 Å². The van der Waals surface area contributed by atoms with Gasteiger partial charge in [-0.2, -0.15) is 0 Å². The first-order chi connectivity index (χ1) is 37.5. The number of aliphatic hydroxyl groups is 7. The van der Waals surface area contributed by atoms with Crippen LogP contribution in [0.15, 0.2) is 12.2 Å². The highest BCUT2D eigenvalue weighted by atomic mass is 16.7. The van der Waals surface area contributed by atoms with Crippen LogP contribution in [0, 0.1) is 0 Å². The van der Waals surface area contributed by atoms with Crippen molar-refractivity contribution >= 4 is 11.9 Å². The van der Waals surface area contributed by atoms with Gasteiger partial charge in [-0.15, -0.1) is 0 Å². The van der Waals surface area contributed by atoms with E-state index in [1.807, 2.05) is 0 Å². The molecule has 11 atom stereocenters. The summed E-state index contributed by atoms with van der Waals surface area (Å²) in [5.41, 5.74) is 0. The van der Waals surface area contributed by atoms with Crippen molar-refractivity contribution in [2.75, 3.05) is 26.4 Å². The predicted molar refractivity (Wildman–Crippen MR) is 303 cm³/mol. The average molecular weight is 1100 g/mol. The molecule has 15 nitrogen and oxygen atoms in total. The SMILES string of the molecule is CCCCCCCC/C=C/CCCCCCCCCCCC(=O)OC[C@H](CO[C@H]1O[C@@H](CO[C@H]2O[C@@H](CO)[C@@H](O)C(O)C2O)[C@@H](O)C(O)C1O)OC(=O)CCCCCCCCCCCCCCCCCCCCCCCC. The fourth-order valence-corrected chi connectivity index (χ4v) is 10.3. The number of ether oxygens (including phenoxy) is 6. The summed E-state index contributed by atoms with van der Waals surface area (Å²) in [6.07, 6.45) is 36.6. The lowest BCUT2D eigenvalue weighted by atomic mass is 9.98. The van der Waals surface area contributed by atoms with E-state index in [0.717, 1.165) is 38.5 Å². The van der Waals surface area contributed by atoms with E-state index in [9.17, 15) is 45.3 Å². The minimum Gasteiger partial charge on any atom is -0.462 e. The molecule has 7 N–H and O–H groups in total. The summed E-state index contributed by atoms with van der Waals surface area (Å²) >= 11 is 0. The number of hydrogen-bond donors (Lipinski definition) is 7. The topological polar surface area (TPSA) is 231 Å². The molecule has 0 aromatic heterocycles. The summed E-state index contributed by atoms with van der Waals surface area (Å²) in [5.74, 6) is -0.908. The van der Waals surface area contributed by atoms with Gasteiger partial charge in [-0.05, 0) is 38.5 Å². The first kappa shape index (κ1) is 71.3. The van der Waals surface area contributed by atoms with Gasteiger partial charge in [0.25, 0.3) is 0 Å². The van der Waals surface area contributed by atoms with Crippen molar-refractivity contribution < 1.29 is 73.8 Å². The Morgan fingerprint density at radius 2 is 0.740 bits per heavy atom. The molecule has 2 saturated heterocycles. The number of aliphatic hydroxyl groups excluding tert-OH is 7. The van der Waals surface area contributed by atoms with Crippen LogP contribution < -0.4 is 0 Å². The fraction of sp³-hybridized carbons (Fsp3) is 0.935. The Bertz CT molecular complexity index is 1390. The molecule has 2 rings (SSSR count). The summed E-state index contributed by atoms with van der Waals surface area (Å²) in [4.78, 5) is 26.0. The van der Waals surface area contributed by atoms with Gasteiger partial charge in [-0.1, -0.05) is 238 Å². The molecule has 2 aliphatic heterocycles. The maximum Gasteiger partial charge on any atom is 0.306 e. The molecule has 4 unspecified atom stereocenters. The quantitative estimate of drug-likeness (QED) is 0.0171. The zero-order chi connectivity index (χ0) is 56.0. The molecule has 2 fully saturated rings. The highest BCUT2D eigenvalue weighted by Gasteiger charge is 2.47. The molecule has 0 spiro atoms. The Labute approximate surface area is 467 Å². The van der Waals surface area contributed by atoms with Crippen LogP contribution in [-0.4, -0.2) is 142 Å². The Hall–Kier alpha value is -1.76. The maximum atomic E-state index is 13.1. The average Bonchev–Trinajstić information content (AvgIpc) is 3.43. The van der Waals surface area contributed by atoms with E-state index >= 15 is 0 Å². The lowest BCUT2D eigenvalue weighted by molar-refractivity contribution is -0.332. The van der Waals surface area contributed by atoms with E-state index in [1.165, 1.54) is 199 Å². The van der Waals surface area contributed by atoms with Gasteiger partial charge in [-0.3, -0.25) is 9.59 Å². The Morgan fingerprint density at radius 3 is 1.14 bits per heavy atom. The van der Waals surface area contributed by atoms with E-state index in [2.05, 4.69) is 26.0 Å². The van der Waals surface area contributed by atoms with Crippen molar-refractivity contribution in [1.82, 2.24) is 0 Å². The van der Waals surface area contributed by atoms with Gasteiger partial charge in [0.2, 0.25) is 0 Å². The van der Waals surface area contributed by atoms with Crippen LogP contribution in [0.1, 0.15) is 277 Å². The van der Waals surface area contributed by atoms with Crippen molar-refractivity contribution in [3.63, 3.8) is 0 Å². The molecule has 2 heterocycles. The van der Waals surface area contributed by atoms with E-state index in [4.69, 9.17) is 28.4 Å². The number of esters is 2. The maximum absolute atomic E-state index is 13.1. The third kappa shape index (κ3) is 35.7. The fourth-order valence-electron chi connectivity index (χ4n) is 10.3. The number of allylic oxidation sites excluding steroid dienone is 2. The van der Waals surface area contributed by atoms with Crippen LogP contribution in [-0.2, 0) is 38.0 Å². The van der Waals surface area contributed by atoms with E-state index in [-0.39, 0.29) is 26.1 Å². The lowest BCUT2D eigenvalue weighted by Gasteiger charge is -2.42. The molecule has 454 valence electrons. The Kier molecular flexibility index (Phi) is 45.3. The molecular weight excluding hydrogens is 985 g/mol. The molecule has 2 aliphatic rings. The molecular formula is C62H116O15. The van der Waals surface area contributed by atoms with Crippen molar-refractivity contribution in [2.24, 2.45) is 0 Å². The van der Waals surface area contributed by atoms with Crippen LogP contribution in [0.25, 0.3) is 0 Å². The second kappa shape index (κ2) is 48.9. The third-order valence-electron chi connectivity index (χ3n) is 15.5. The molecule has 0 bridgehead atoms. The minimum absolute atomic E-state index is 0.172. The number of unbranched alkanes of at least 4 members (excludes halogenated alkanes) is 36. The predicted octanol–water partition coefficient (Wildman–Crippen LogP) is 11.7. The summed E-state index contributed by atoms with van der Waals surface area (Å²) in [6.45, 7) is 2.66. The zero-order valence-corrected chi connectivity index (χ0v) is 48.7. The molecule has 15 heteroatoms. The van der Waals surface area contributed by atoms with Gasteiger partial charge >= 0.3 is 11.9 Å². The van der Waals surface area contributed by atoms with Crippen molar-refractivity contribution in [2.45, 2.75) is 345 Å². The van der Waals surface area contributed by atoms with Gasteiger partial charge < -0.3 is 64.2 Å².